The number of rotatable bonds is 6. The molecule has 0 bridgehead atoms. The summed E-state index contributed by atoms with van der Waals surface area (Å²) in [7, 11) is 1.55. The summed E-state index contributed by atoms with van der Waals surface area (Å²) in [6.07, 6.45) is 0. The van der Waals surface area contributed by atoms with Gasteiger partial charge in [0, 0.05) is 18.1 Å². The lowest BCUT2D eigenvalue weighted by molar-refractivity contribution is -0.145. The fourth-order valence-electron chi connectivity index (χ4n) is 1.32. The van der Waals surface area contributed by atoms with Crippen LogP contribution in [0.4, 0.5) is 0 Å². The van der Waals surface area contributed by atoms with Crippen LogP contribution in [0.2, 0.25) is 0 Å². The molecule has 18 heavy (non-hydrogen) atoms. The summed E-state index contributed by atoms with van der Waals surface area (Å²) >= 11 is 1.54. The van der Waals surface area contributed by atoms with Crippen LogP contribution in [0.25, 0.3) is 11.4 Å². The van der Waals surface area contributed by atoms with Crippen molar-refractivity contribution in [1.29, 1.82) is 0 Å². The van der Waals surface area contributed by atoms with Crippen molar-refractivity contribution in [3.8, 4) is 11.4 Å². The first-order valence-corrected chi connectivity index (χ1v) is 6.19. The van der Waals surface area contributed by atoms with Crippen LogP contribution in [0.3, 0.4) is 0 Å². The quantitative estimate of drug-likeness (QED) is 0.563. The Labute approximate surface area is 107 Å². The number of methoxy groups -OCH3 is 1. The summed E-state index contributed by atoms with van der Waals surface area (Å²) in [6, 6.07) is 1.89. The maximum Gasteiger partial charge on any atom is 0.328 e. The van der Waals surface area contributed by atoms with E-state index >= 15 is 0 Å². The maximum atomic E-state index is 11.5. The van der Waals surface area contributed by atoms with E-state index in [-0.39, 0.29) is 13.2 Å². The molecule has 0 amide bonds. The zero-order chi connectivity index (χ0) is 12.8. The summed E-state index contributed by atoms with van der Waals surface area (Å²) in [5.41, 5.74) is 0.884. The Hall–Kier alpha value is -1.80. The highest BCUT2D eigenvalue weighted by atomic mass is 32.1. The molecule has 0 aliphatic carbocycles. The highest BCUT2D eigenvalue weighted by molar-refractivity contribution is 7.08. The average molecular weight is 268 g/mol. The van der Waals surface area contributed by atoms with Crippen LogP contribution in [-0.2, 0) is 20.8 Å². The molecule has 8 heteroatoms. The van der Waals surface area contributed by atoms with E-state index in [4.69, 9.17) is 9.47 Å². The molecular formula is C10H12N4O3S. The first-order chi connectivity index (χ1) is 8.81. The molecule has 0 N–H and O–H groups in total. The lowest BCUT2D eigenvalue weighted by Crippen LogP contribution is -2.17. The van der Waals surface area contributed by atoms with Gasteiger partial charge in [-0.1, -0.05) is 0 Å². The maximum absolute atomic E-state index is 11.5. The fourth-order valence-corrected chi connectivity index (χ4v) is 1.95. The van der Waals surface area contributed by atoms with Crippen LogP contribution < -0.4 is 0 Å². The topological polar surface area (TPSA) is 79.1 Å². The monoisotopic (exact) mass is 268 g/mol. The first kappa shape index (κ1) is 12.7. The van der Waals surface area contributed by atoms with Gasteiger partial charge in [-0.25, -0.2) is 4.68 Å². The molecule has 0 saturated heterocycles. The van der Waals surface area contributed by atoms with E-state index in [9.17, 15) is 4.79 Å². The van der Waals surface area contributed by atoms with Crippen LogP contribution in [-0.4, -0.2) is 46.5 Å². The number of carbonyl (C=O) groups excluding carboxylic acids is 1. The molecule has 7 nitrogen and oxygen atoms in total. The van der Waals surface area contributed by atoms with Gasteiger partial charge >= 0.3 is 5.97 Å². The molecule has 0 aliphatic rings. The van der Waals surface area contributed by atoms with Crippen molar-refractivity contribution in [2.45, 2.75) is 6.54 Å². The third kappa shape index (κ3) is 3.11. The van der Waals surface area contributed by atoms with Crippen LogP contribution in [0.15, 0.2) is 16.8 Å². The van der Waals surface area contributed by atoms with Crippen molar-refractivity contribution in [2.75, 3.05) is 20.3 Å². The third-order valence-corrected chi connectivity index (χ3v) is 2.82. The minimum absolute atomic E-state index is 0.0120. The molecule has 0 atom stereocenters. The lowest BCUT2D eigenvalue weighted by atomic mass is 10.3. The van der Waals surface area contributed by atoms with Gasteiger partial charge < -0.3 is 9.47 Å². The average Bonchev–Trinajstić information content (AvgIpc) is 2.99. The van der Waals surface area contributed by atoms with Crippen molar-refractivity contribution in [2.24, 2.45) is 0 Å². The third-order valence-electron chi connectivity index (χ3n) is 2.14. The molecule has 2 rings (SSSR count). The van der Waals surface area contributed by atoms with Gasteiger partial charge in [0.1, 0.15) is 13.2 Å². The minimum atomic E-state index is -0.393. The summed E-state index contributed by atoms with van der Waals surface area (Å²) in [4.78, 5) is 11.5. The van der Waals surface area contributed by atoms with Crippen molar-refractivity contribution >= 4 is 17.3 Å². The van der Waals surface area contributed by atoms with Crippen molar-refractivity contribution in [1.82, 2.24) is 20.2 Å². The van der Waals surface area contributed by atoms with Gasteiger partial charge in [0.15, 0.2) is 5.82 Å². The van der Waals surface area contributed by atoms with E-state index < -0.39 is 5.97 Å². The van der Waals surface area contributed by atoms with Crippen LogP contribution in [0, 0.1) is 0 Å². The number of nitrogens with zero attached hydrogens (tertiary/aromatic N) is 4. The van der Waals surface area contributed by atoms with Gasteiger partial charge in [-0.3, -0.25) is 4.79 Å². The van der Waals surface area contributed by atoms with E-state index in [0.717, 1.165) is 5.56 Å². The van der Waals surface area contributed by atoms with E-state index in [1.807, 2.05) is 16.8 Å². The molecule has 0 spiro atoms. The van der Waals surface area contributed by atoms with E-state index in [1.165, 1.54) is 4.68 Å². The summed E-state index contributed by atoms with van der Waals surface area (Å²) in [5, 5.41) is 15.1. The number of carbonyl (C=O) groups is 1. The highest BCUT2D eigenvalue weighted by Gasteiger charge is 2.13. The molecule has 2 aromatic rings. The molecular weight excluding hydrogens is 256 g/mol. The first-order valence-electron chi connectivity index (χ1n) is 5.24. The van der Waals surface area contributed by atoms with E-state index in [2.05, 4.69) is 15.5 Å². The van der Waals surface area contributed by atoms with Crippen molar-refractivity contribution in [3.63, 3.8) is 0 Å². The van der Waals surface area contributed by atoms with Crippen molar-refractivity contribution in [3.05, 3.63) is 16.8 Å². The molecule has 0 radical (unpaired) electrons. The second kappa shape index (κ2) is 6.22. The van der Waals surface area contributed by atoms with Crippen LogP contribution >= 0.6 is 11.3 Å². The number of aromatic nitrogens is 4. The number of tetrazole rings is 1. The summed E-state index contributed by atoms with van der Waals surface area (Å²) < 4.78 is 11.2. The zero-order valence-electron chi connectivity index (χ0n) is 9.78. The van der Waals surface area contributed by atoms with Crippen LogP contribution in [0.1, 0.15) is 0 Å². The van der Waals surface area contributed by atoms with Gasteiger partial charge in [0.25, 0.3) is 0 Å². The Balaban J connectivity index is 1.98. The largest absolute Gasteiger partial charge is 0.462 e. The Kier molecular flexibility index (Phi) is 4.37. The Morgan fingerprint density at radius 1 is 1.50 bits per heavy atom. The van der Waals surface area contributed by atoms with Gasteiger partial charge in [-0.15, -0.1) is 5.10 Å². The molecule has 0 aromatic carbocycles. The Morgan fingerprint density at radius 3 is 3.11 bits per heavy atom. The molecule has 2 aromatic heterocycles. The zero-order valence-corrected chi connectivity index (χ0v) is 10.6. The molecule has 0 unspecified atom stereocenters. The number of hydrogen-bond donors (Lipinski definition) is 0. The number of thiophene rings is 1. The molecule has 0 saturated carbocycles. The summed E-state index contributed by atoms with van der Waals surface area (Å²) in [6.45, 7) is 0.589. The van der Waals surface area contributed by atoms with Gasteiger partial charge in [0.2, 0.25) is 0 Å². The van der Waals surface area contributed by atoms with Crippen molar-refractivity contribution < 1.29 is 14.3 Å². The predicted octanol–water partition coefficient (Wildman–Crippen LogP) is 0.591. The highest BCUT2D eigenvalue weighted by Crippen LogP contribution is 2.18. The van der Waals surface area contributed by atoms with E-state index in [1.54, 1.807) is 18.4 Å². The Morgan fingerprint density at radius 2 is 2.39 bits per heavy atom. The second-order valence-electron chi connectivity index (χ2n) is 3.39. The lowest BCUT2D eigenvalue weighted by Gasteiger charge is -2.04. The van der Waals surface area contributed by atoms with E-state index in [0.29, 0.717) is 12.4 Å². The van der Waals surface area contributed by atoms with Gasteiger partial charge in [-0.05, 0) is 21.9 Å². The molecule has 0 fully saturated rings. The normalized spacial score (nSPS) is 10.5. The van der Waals surface area contributed by atoms with Gasteiger partial charge in [-0.2, -0.15) is 11.3 Å². The SMILES string of the molecule is COCCOC(=O)Cn1nnnc1-c1ccsc1. The standard InChI is InChI=1S/C10H12N4O3S/c1-16-3-4-17-9(15)6-14-10(11-12-13-14)8-2-5-18-7-8/h2,5,7H,3-4,6H2,1H3. The summed E-state index contributed by atoms with van der Waals surface area (Å²) in [5.74, 6) is 0.163. The molecule has 96 valence electrons. The smallest absolute Gasteiger partial charge is 0.328 e. The molecule has 2 heterocycles. The Bertz CT molecular complexity index is 497. The van der Waals surface area contributed by atoms with Crippen LogP contribution in [0.5, 0.6) is 0 Å². The molecule has 0 aliphatic heterocycles. The number of hydrogen-bond acceptors (Lipinski definition) is 7. The number of ether oxygens (including phenoxy) is 2. The fraction of sp³-hybridized carbons (Fsp3) is 0.400. The second-order valence-corrected chi connectivity index (χ2v) is 4.17. The number of esters is 1. The predicted molar refractivity (Wildman–Crippen MR) is 64.0 cm³/mol. The van der Waals surface area contributed by atoms with Gasteiger partial charge in [0.05, 0.1) is 6.61 Å². The minimum Gasteiger partial charge on any atom is -0.462 e.